The number of nitrogens with zero attached hydrogens (tertiary/aromatic N) is 4. The second-order valence-corrected chi connectivity index (χ2v) is 6.74. The Morgan fingerprint density at radius 2 is 1.75 bits per heavy atom. The van der Waals surface area contributed by atoms with Crippen molar-refractivity contribution in [3.8, 4) is 0 Å². The molecule has 0 unspecified atom stereocenters. The molecule has 0 aliphatic heterocycles. The summed E-state index contributed by atoms with van der Waals surface area (Å²) in [6.07, 6.45) is 5.57. The molecule has 0 fully saturated rings. The molecule has 2 aromatic heterocycles. The summed E-state index contributed by atoms with van der Waals surface area (Å²) in [5.74, 6) is 0.821. The third-order valence-electron chi connectivity index (χ3n) is 5.04. The number of anilines is 1. The smallest absolute Gasteiger partial charge is 0.137 e. The lowest BCUT2D eigenvalue weighted by molar-refractivity contribution is 0.746. The van der Waals surface area contributed by atoms with E-state index in [1.807, 2.05) is 42.7 Å². The normalized spacial score (nSPS) is 12.9. The maximum Gasteiger partial charge on any atom is 0.137 e. The van der Waals surface area contributed by atoms with Crippen LogP contribution >= 0.6 is 0 Å². The Bertz CT molecular complexity index is 1200. The number of fused-ring (bicyclic) bond motifs is 2. The van der Waals surface area contributed by atoms with E-state index in [1.165, 1.54) is 0 Å². The lowest BCUT2D eigenvalue weighted by atomic mass is 9.99. The van der Waals surface area contributed by atoms with Gasteiger partial charge in [-0.3, -0.25) is 0 Å². The largest absolute Gasteiger partial charge is 0.368 e. The predicted octanol–water partition coefficient (Wildman–Crippen LogP) is 4.51. The number of aromatic nitrogens is 4. The first-order valence-electron chi connectivity index (χ1n) is 9.27. The Morgan fingerprint density at radius 3 is 2.64 bits per heavy atom. The molecule has 28 heavy (non-hydrogen) atoms. The Kier molecular flexibility index (Phi) is 3.98. The van der Waals surface area contributed by atoms with Crippen LogP contribution < -0.4 is 5.32 Å². The van der Waals surface area contributed by atoms with Crippen LogP contribution in [0.25, 0.3) is 28.3 Å². The Labute approximate surface area is 163 Å². The van der Waals surface area contributed by atoms with Crippen molar-refractivity contribution in [3.63, 3.8) is 0 Å². The highest BCUT2D eigenvalue weighted by atomic mass is 15.1. The number of rotatable bonds is 5. The molecule has 2 heterocycles. The van der Waals surface area contributed by atoms with Crippen molar-refractivity contribution in [2.24, 2.45) is 0 Å². The maximum absolute atomic E-state index is 4.47. The molecule has 136 valence electrons. The Morgan fingerprint density at radius 1 is 0.929 bits per heavy atom. The summed E-state index contributed by atoms with van der Waals surface area (Å²) < 4.78 is 2.15. The predicted molar refractivity (Wildman–Crippen MR) is 114 cm³/mol. The molecule has 0 saturated heterocycles. The van der Waals surface area contributed by atoms with E-state index < -0.39 is 0 Å². The van der Waals surface area contributed by atoms with Crippen molar-refractivity contribution < 1.29 is 0 Å². The molecule has 5 rings (SSSR count). The standard InChI is InChI=1S/C23H19N5/c1-16-18(17-7-3-2-4-8-17)13-20-22(16)23(26-14-25-20)24-11-12-28-15-27-19-9-5-6-10-21(19)28/h2-10,13-15H,1,11-12H2,(H,24,25,26). The number of hydrogen-bond donors (Lipinski definition) is 1. The molecule has 0 saturated carbocycles. The lowest BCUT2D eigenvalue weighted by Crippen LogP contribution is -2.12. The molecule has 0 radical (unpaired) electrons. The monoisotopic (exact) mass is 365 g/mol. The highest BCUT2D eigenvalue weighted by Gasteiger charge is 2.23. The van der Waals surface area contributed by atoms with Gasteiger partial charge in [-0.15, -0.1) is 0 Å². The van der Waals surface area contributed by atoms with Gasteiger partial charge in [-0.2, -0.15) is 0 Å². The zero-order chi connectivity index (χ0) is 18.9. The molecule has 0 bridgehead atoms. The summed E-state index contributed by atoms with van der Waals surface area (Å²) in [5, 5.41) is 3.46. The van der Waals surface area contributed by atoms with E-state index in [0.717, 1.165) is 57.9 Å². The maximum atomic E-state index is 4.47. The number of benzene rings is 2. The number of para-hydroxylation sites is 2. The number of imidazole rings is 1. The summed E-state index contributed by atoms with van der Waals surface area (Å²) in [5.41, 5.74) is 7.23. The van der Waals surface area contributed by atoms with Crippen LogP contribution in [-0.2, 0) is 6.54 Å². The van der Waals surface area contributed by atoms with Gasteiger partial charge >= 0.3 is 0 Å². The molecular weight excluding hydrogens is 346 g/mol. The van der Waals surface area contributed by atoms with Crippen molar-refractivity contribution >= 4 is 34.1 Å². The first-order valence-corrected chi connectivity index (χ1v) is 9.27. The van der Waals surface area contributed by atoms with E-state index in [-0.39, 0.29) is 0 Å². The Hall–Kier alpha value is -3.73. The van der Waals surface area contributed by atoms with Gasteiger partial charge in [0.25, 0.3) is 0 Å². The fourth-order valence-corrected chi connectivity index (χ4v) is 3.66. The van der Waals surface area contributed by atoms with Gasteiger partial charge in [-0.1, -0.05) is 49.0 Å². The number of nitrogens with one attached hydrogen (secondary N) is 1. The van der Waals surface area contributed by atoms with Gasteiger partial charge in [0.05, 0.1) is 23.1 Å². The molecule has 0 atom stereocenters. The van der Waals surface area contributed by atoms with Crippen molar-refractivity contribution in [1.82, 2.24) is 19.5 Å². The van der Waals surface area contributed by atoms with E-state index in [9.17, 15) is 0 Å². The van der Waals surface area contributed by atoms with E-state index in [2.05, 4.69) is 55.7 Å². The highest BCUT2D eigenvalue weighted by molar-refractivity contribution is 6.17. The fraction of sp³-hybridized carbons (Fsp3) is 0.0870. The van der Waals surface area contributed by atoms with E-state index in [1.54, 1.807) is 6.33 Å². The van der Waals surface area contributed by atoms with E-state index >= 15 is 0 Å². The van der Waals surface area contributed by atoms with E-state index in [4.69, 9.17) is 0 Å². The SMILES string of the molecule is C=C1C(c2ccccc2)=Cc2ncnc(NCCn3cnc4ccccc43)c21. The van der Waals surface area contributed by atoms with Crippen molar-refractivity contribution in [2.45, 2.75) is 6.54 Å². The van der Waals surface area contributed by atoms with Gasteiger partial charge < -0.3 is 9.88 Å². The minimum atomic E-state index is 0.734. The molecule has 2 aromatic carbocycles. The molecule has 1 aliphatic rings. The van der Waals surface area contributed by atoms with Crippen molar-refractivity contribution in [1.29, 1.82) is 0 Å². The zero-order valence-corrected chi connectivity index (χ0v) is 15.3. The van der Waals surface area contributed by atoms with E-state index in [0.29, 0.717) is 0 Å². The summed E-state index contributed by atoms with van der Waals surface area (Å²) in [4.78, 5) is 13.4. The average Bonchev–Trinajstić information content (AvgIpc) is 3.31. The molecular formula is C23H19N5. The average molecular weight is 365 g/mol. The molecule has 5 heteroatoms. The minimum Gasteiger partial charge on any atom is -0.368 e. The van der Waals surface area contributed by atoms with Gasteiger partial charge in [-0.05, 0) is 34.9 Å². The highest BCUT2D eigenvalue weighted by Crippen LogP contribution is 2.41. The Balaban J connectivity index is 1.36. The molecule has 1 aliphatic carbocycles. The first-order chi connectivity index (χ1) is 13.8. The summed E-state index contributed by atoms with van der Waals surface area (Å²) in [7, 11) is 0. The van der Waals surface area contributed by atoms with Gasteiger partial charge in [0.15, 0.2) is 0 Å². The van der Waals surface area contributed by atoms with Crippen molar-refractivity contribution in [3.05, 3.63) is 90.7 Å². The van der Waals surface area contributed by atoms with Crippen LogP contribution in [0.1, 0.15) is 16.8 Å². The summed E-state index contributed by atoms with van der Waals surface area (Å²) in [6.45, 7) is 5.84. The van der Waals surface area contributed by atoms with Crippen LogP contribution in [-0.4, -0.2) is 26.1 Å². The zero-order valence-electron chi connectivity index (χ0n) is 15.3. The second-order valence-electron chi connectivity index (χ2n) is 6.74. The molecule has 5 nitrogen and oxygen atoms in total. The molecule has 0 spiro atoms. The van der Waals surface area contributed by atoms with Crippen LogP contribution in [0.4, 0.5) is 5.82 Å². The fourth-order valence-electron chi connectivity index (χ4n) is 3.66. The van der Waals surface area contributed by atoms with Crippen LogP contribution in [0.3, 0.4) is 0 Å². The number of allylic oxidation sites excluding steroid dienone is 2. The van der Waals surface area contributed by atoms with Gasteiger partial charge in [0, 0.05) is 18.7 Å². The second kappa shape index (κ2) is 6.78. The third-order valence-corrected chi connectivity index (χ3v) is 5.04. The lowest BCUT2D eigenvalue weighted by Gasteiger charge is -2.12. The van der Waals surface area contributed by atoms with Crippen molar-refractivity contribution in [2.75, 3.05) is 11.9 Å². The third kappa shape index (κ3) is 2.77. The number of hydrogen-bond acceptors (Lipinski definition) is 4. The topological polar surface area (TPSA) is 55.6 Å². The van der Waals surface area contributed by atoms with Gasteiger partial charge in [0.2, 0.25) is 0 Å². The van der Waals surface area contributed by atoms with Crippen LogP contribution in [0.5, 0.6) is 0 Å². The summed E-state index contributed by atoms with van der Waals surface area (Å²) in [6, 6.07) is 18.4. The quantitative estimate of drug-likeness (QED) is 0.565. The van der Waals surface area contributed by atoms with Crippen LogP contribution in [0.15, 0.2) is 73.8 Å². The molecule has 4 aromatic rings. The van der Waals surface area contributed by atoms with Crippen LogP contribution in [0.2, 0.25) is 0 Å². The van der Waals surface area contributed by atoms with Gasteiger partial charge in [-0.25, -0.2) is 15.0 Å². The van der Waals surface area contributed by atoms with Crippen LogP contribution in [0, 0.1) is 0 Å². The van der Waals surface area contributed by atoms with Gasteiger partial charge in [0.1, 0.15) is 12.1 Å². The molecule has 0 amide bonds. The summed E-state index contributed by atoms with van der Waals surface area (Å²) >= 11 is 0. The molecule has 1 N–H and O–H groups in total. The minimum absolute atomic E-state index is 0.734. The first kappa shape index (κ1) is 16.4.